The molecule has 1 aliphatic carbocycles. The van der Waals surface area contributed by atoms with Crippen LogP contribution in [0.3, 0.4) is 0 Å². The van der Waals surface area contributed by atoms with Crippen molar-refractivity contribution in [1.29, 1.82) is 0 Å². The molecule has 542 valence electrons. The van der Waals surface area contributed by atoms with Crippen molar-refractivity contribution in [2.45, 2.75) is 207 Å². The molecule has 0 amide bonds. The van der Waals surface area contributed by atoms with Crippen molar-refractivity contribution in [2.24, 2.45) is 0 Å². The first kappa shape index (κ1) is 87.6. The number of aryl methyl sites for hydroxylation is 3. The molecule has 12 bridgehead atoms. The Kier molecular flexibility index (Phi) is 33.4. The van der Waals surface area contributed by atoms with E-state index in [9.17, 15) is 0 Å². The standard InChI is InChI=1S/C47H57N3.C13H21BO2.2C5H13B3O6.C2H5.3CH3.Al.Li/c1-42(2)30-13-15-31(16-14-30)44(5,6)37-25-27-40(49-37)47(11,12)41-28-26-38(50-41)45(7,8)33-19-17-32(18-20-33)43(3,4)36-23-24-39(48-36)46(9,10)35-22-21-34(42)29-35;1-10-8-11(2)13(12(3)9-10)14(4)16-7-6-15-5;2*1-4-10-7-12-6(9-3)13-8(14-7)11-5-2;1-2;;;;;/h13-28,48-50H,29H2,1-12H3;8-9H,6-7H2,1-5H3;2*4-5H2,1-3H3;1H2,2H3;3*1H3;;/q;;;;;;;;-1;+1. The second-order valence-corrected chi connectivity index (χ2v) is 37.6. The molecule has 3 N–H and O–H groups in total. The number of hydrogen-bond donors (Lipinski definition) is 3. The van der Waals surface area contributed by atoms with E-state index in [0.29, 0.717) is 39.6 Å². The number of hydrogen-bond acceptors (Lipinski definition) is 14. The molecule has 9 heterocycles. The van der Waals surface area contributed by atoms with Crippen LogP contribution in [0.2, 0.25) is 29.5 Å². The summed E-state index contributed by atoms with van der Waals surface area (Å²) in [5.74, 6) is 7.23. The third-order valence-electron chi connectivity index (χ3n) is 20.2. The topological polar surface area (TPSA) is 177 Å². The number of allylic oxidation sites excluding steroid dienone is 4. The fraction of sp³-hybridized carbons (Fsp3) is 0.547. The van der Waals surface area contributed by atoms with E-state index < -0.39 is 57.0 Å². The van der Waals surface area contributed by atoms with E-state index in [1.165, 1.54) is 109 Å². The zero-order valence-corrected chi connectivity index (χ0v) is 68.0. The summed E-state index contributed by atoms with van der Waals surface area (Å²) < 4.78 is 71.5. The molecule has 3 aromatic heterocycles. The molecular weight excluding hydrogens is 1280 g/mol. The summed E-state index contributed by atoms with van der Waals surface area (Å²) in [7, 11) is -0.273. The molecule has 0 atom stereocenters. The van der Waals surface area contributed by atoms with Gasteiger partial charge in [0.25, 0.3) is 0 Å². The molecule has 0 spiro atoms. The summed E-state index contributed by atoms with van der Waals surface area (Å²) in [6, 6.07) is 36.8. The van der Waals surface area contributed by atoms with E-state index in [2.05, 4.69) is 259 Å². The van der Waals surface area contributed by atoms with Crippen molar-refractivity contribution in [3.63, 3.8) is 0 Å². The second kappa shape index (κ2) is 38.5. The van der Waals surface area contributed by atoms with Crippen molar-refractivity contribution >= 4 is 69.4 Å². The van der Waals surface area contributed by atoms with E-state index in [4.69, 9.17) is 64.7 Å². The maximum absolute atomic E-state index is 5.74. The summed E-state index contributed by atoms with van der Waals surface area (Å²) in [6.45, 7) is 49.5. The smallest absolute Gasteiger partial charge is 0.429 e. The van der Waals surface area contributed by atoms with Gasteiger partial charge in [0.1, 0.15) is 13.1 Å². The predicted molar refractivity (Wildman–Crippen MR) is 416 cm³/mol. The molecule has 2 saturated heterocycles. The molecular formula is C75H118AlB7LiN3O14. The Hall–Kier alpha value is -4.00. The predicted octanol–water partition coefficient (Wildman–Crippen LogP) is 12.7. The zero-order valence-electron chi connectivity index (χ0n) is 66.9. The maximum atomic E-state index is 5.74. The van der Waals surface area contributed by atoms with Crippen LogP contribution < -0.4 is 24.3 Å². The van der Waals surface area contributed by atoms with Gasteiger partial charge in [0.05, 0.1) is 13.2 Å². The van der Waals surface area contributed by atoms with Crippen LogP contribution in [0.4, 0.5) is 0 Å². The molecule has 0 saturated carbocycles. The fourth-order valence-electron chi connectivity index (χ4n) is 12.4. The van der Waals surface area contributed by atoms with Crippen LogP contribution in [0.15, 0.2) is 120 Å². The molecule has 7 aliphatic rings. The van der Waals surface area contributed by atoms with E-state index in [1.54, 1.807) is 7.11 Å². The van der Waals surface area contributed by atoms with Gasteiger partial charge < -0.3 is 79.7 Å². The molecule has 101 heavy (non-hydrogen) atoms. The number of aromatic nitrogens is 3. The zero-order chi connectivity index (χ0) is 74.2. The number of nitrogens with one attached hydrogen (secondary N) is 3. The maximum Gasteiger partial charge on any atom is 1.00 e. The van der Waals surface area contributed by atoms with Gasteiger partial charge in [-0.1, -0.05) is 177 Å². The Morgan fingerprint density at radius 2 is 0.693 bits per heavy atom. The van der Waals surface area contributed by atoms with Crippen LogP contribution in [0.5, 0.6) is 0 Å². The average molecular weight is 1400 g/mol. The van der Waals surface area contributed by atoms with E-state index in [1.807, 2.05) is 27.7 Å². The summed E-state index contributed by atoms with van der Waals surface area (Å²) in [5, 5.41) is 1.44. The summed E-state index contributed by atoms with van der Waals surface area (Å²) >= 11 is -0.866. The third kappa shape index (κ3) is 23.0. The van der Waals surface area contributed by atoms with Crippen molar-refractivity contribution in [2.75, 3.05) is 61.0 Å². The number of aromatic amines is 3. The van der Waals surface area contributed by atoms with Crippen molar-refractivity contribution in [1.82, 2.24) is 15.0 Å². The molecule has 6 aliphatic heterocycles. The van der Waals surface area contributed by atoms with Gasteiger partial charge in [-0.3, -0.25) is 0 Å². The van der Waals surface area contributed by atoms with Crippen LogP contribution in [-0.4, -0.2) is 140 Å². The van der Waals surface area contributed by atoms with Gasteiger partial charge in [0, 0.05) is 114 Å². The minimum atomic E-state index is -0.866. The first-order valence-electron chi connectivity index (χ1n) is 36.1. The number of methoxy groups -OCH3 is 1. The van der Waals surface area contributed by atoms with Gasteiger partial charge in [0.2, 0.25) is 0 Å². The van der Waals surface area contributed by atoms with Gasteiger partial charge in [0.15, 0.2) is 0 Å². The minimum absolute atomic E-state index is 0. The van der Waals surface area contributed by atoms with E-state index in [0.717, 1.165) is 6.42 Å². The average Bonchev–Trinajstić information content (AvgIpc) is 1.64. The fourth-order valence-corrected chi connectivity index (χ4v) is 12.4. The first-order chi connectivity index (χ1) is 47.0. The summed E-state index contributed by atoms with van der Waals surface area (Å²) in [6.07, 6.45) is 5.74. The Balaban J connectivity index is 0.000000291. The molecule has 0 radical (unpaired) electrons. The molecule has 3 aromatic carbocycles. The van der Waals surface area contributed by atoms with Crippen LogP contribution in [0.1, 0.15) is 197 Å². The van der Waals surface area contributed by atoms with Crippen molar-refractivity contribution < 1.29 is 83.6 Å². The van der Waals surface area contributed by atoms with E-state index >= 15 is 0 Å². The minimum Gasteiger partial charge on any atom is -0.429 e. The molecule has 6 aromatic rings. The van der Waals surface area contributed by atoms with Crippen LogP contribution in [0.25, 0.3) is 0 Å². The number of benzene rings is 3. The molecule has 26 heteroatoms. The van der Waals surface area contributed by atoms with Gasteiger partial charge >= 0.3 is 69.7 Å². The quantitative estimate of drug-likeness (QED) is 0.0616. The molecule has 13 rings (SSSR count). The van der Waals surface area contributed by atoms with E-state index in [-0.39, 0.29) is 58.3 Å². The number of ether oxygens (including phenoxy) is 1. The van der Waals surface area contributed by atoms with Crippen LogP contribution in [-0.2, 0) is 97.2 Å². The molecule has 2 fully saturated rings. The van der Waals surface area contributed by atoms with Gasteiger partial charge in [-0.15, -0.1) is 6.92 Å². The van der Waals surface area contributed by atoms with Crippen molar-refractivity contribution in [3.05, 3.63) is 193 Å². The normalized spacial score (nSPS) is 17.8. The number of H-pyrrole nitrogens is 3. The summed E-state index contributed by atoms with van der Waals surface area (Å²) in [5.41, 5.74) is 19.9. The Labute approximate surface area is 625 Å². The monoisotopic (exact) mass is 1400 g/mol. The molecule has 17 nitrogen and oxygen atoms in total. The second-order valence-electron chi connectivity index (χ2n) is 30.8. The largest absolute Gasteiger partial charge is 1.00 e. The number of rotatable bonds is 16. The first-order valence-corrected chi connectivity index (χ1v) is 40.4. The third-order valence-corrected chi connectivity index (χ3v) is 22.6. The van der Waals surface area contributed by atoms with Crippen LogP contribution in [0, 0.1) is 20.8 Å². The Morgan fingerprint density at radius 1 is 0.416 bits per heavy atom. The van der Waals surface area contributed by atoms with Crippen molar-refractivity contribution in [3.8, 4) is 0 Å². The Morgan fingerprint density at radius 3 is 0.980 bits per heavy atom. The molecule has 0 unspecified atom stereocenters. The Bertz CT molecular complexity index is 3470. The summed E-state index contributed by atoms with van der Waals surface area (Å²) in [4.78, 5) is 11.6. The van der Waals surface area contributed by atoms with Gasteiger partial charge in [-0.05, 0) is 133 Å². The van der Waals surface area contributed by atoms with Gasteiger partial charge in [-0.25, -0.2) is 17.4 Å². The van der Waals surface area contributed by atoms with Gasteiger partial charge in [-0.2, -0.15) is 5.28 Å². The SMILES string of the molecule is CC1(C)C2=CC=C(C2)C(C)(C)c2ccc([nH]2)C(C)(C)c2ccc(cc2)C(C)(C)c2ccc([nH]2)C(C)(C)c2ccc([nH]2)C(C)(C)c2ccc1cc2.CCOB1OB(OC)OB(OCC)O1.CCOB1OB(OC)OB(OCC)O1.COCCOB(C)c1c(C)cc(C)cc1C.C[CH2][Al-]([CH3])([CH3])[CH3].[Li+]. The van der Waals surface area contributed by atoms with Crippen LogP contribution >= 0.6 is 0 Å².